The second-order valence-electron chi connectivity index (χ2n) is 4.89. The number of hydrogen-bond donors (Lipinski definition) is 2. The lowest BCUT2D eigenvalue weighted by Gasteiger charge is -2.18. The third-order valence-electron chi connectivity index (χ3n) is 3.44. The van der Waals surface area contributed by atoms with E-state index in [0.717, 1.165) is 18.2 Å². The maximum atomic E-state index is 12.7. The SMILES string of the molecule is Nc1ccc(C(F)(F)F)cc1C(=O)N1CCC(CO)C1. The van der Waals surface area contributed by atoms with Crippen LogP contribution in [0.15, 0.2) is 18.2 Å². The summed E-state index contributed by atoms with van der Waals surface area (Å²) in [5, 5.41) is 9.03. The molecule has 1 aliphatic rings. The zero-order valence-corrected chi connectivity index (χ0v) is 10.7. The first-order chi connectivity index (χ1) is 9.32. The molecular formula is C13H15F3N2O2. The number of carbonyl (C=O) groups is 1. The highest BCUT2D eigenvalue weighted by molar-refractivity contribution is 5.99. The molecule has 1 aromatic carbocycles. The number of halogens is 3. The first kappa shape index (κ1) is 14.6. The molecule has 20 heavy (non-hydrogen) atoms. The van der Waals surface area contributed by atoms with Crippen LogP contribution in [0, 0.1) is 5.92 Å². The van der Waals surface area contributed by atoms with Crippen molar-refractivity contribution in [3.05, 3.63) is 29.3 Å². The van der Waals surface area contributed by atoms with Crippen LogP contribution in [-0.4, -0.2) is 35.6 Å². The number of likely N-dealkylation sites (tertiary alicyclic amines) is 1. The molecule has 1 aliphatic heterocycles. The zero-order valence-electron chi connectivity index (χ0n) is 10.7. The number of rotatable bonds is 2. The highest BCUT2D eigenvalue weighted by Crippen LogP contribution is 2.32. The van der Waals surface area contributed by atoms with E-state index >= 15 is 0 Å². The summed E-state index contributed by atoms with van der Waals surface area (Å²) in [6.07, 6.45) is -3.87. The lowest BCUT2D eigenvalue weighted by atomic mass is 10.1. The molecule has 0 radical (unpaired) electrons. The number of benzene rings is 1. The van der Waals surface area contributed by atoms with Crippen LogP contribution in [0.4, 0.5) is 18.9 Å². The van der Waals surface area contributed by atoms with Crippen molar-refractivity contribution >= 4 is 11.6 Å². The van der Waals surface area contributed by atoms with Gasteiger partial charge in [-0.05, 0) is 24.6 Å². The van der Waals surface area contributed by atoms with Crippen molar-refractivity contribution in [3.8, 4) is 0 Å². The van der Waals surface area contributed by atoms with Gasteiger partial charge in [-0.1, -0.05) is 0 Å². The Hall–Kier alpha value is -1.76. The molecule has 1 aromatic rings. The molecular weight excluding hydrogens is 273 g/mol. The maximum absolute atomic E-state index is 12.7. The monoisotopic (exact) mass is 288 g/mol. The number of hydrogen-bond acceptors (Lipinski definition) is 3. The predicted octanol–water partition coefficient (Wildman–Crippen LogP) is 1.74. The fourth-order valence-corrected chi connectivity index (χ4v) is 2.25. The third kappa shape index (κ3) is 2.87. The standard InChI is InChI=1S/C13H15F3N2O2/c14-13(15,16)9-1-2-11(17)10(5-9)12(20)18-4-3-8(6-18)7-19/h1-2,5,8,19H,3-4,6-7,17H2. The molecule has 0 bridgehead atoms. The van der Waals surface area contributed by atoms with E-state index < -0.39 is 17.6 Å². The molecule has 4 nitrogen and oxygen atoms in total. The Balaban J connectivity index is 2.26. The van der Waals surface area contributed by atoms with E-state index in [1.807, 2.05) is 0 Å². The minimum absolute atomic E-state index is 0.0222. The summed E-state index contributed by atoms with van der Waals surface area (Å²) in [6, 6.07) is 2.73. The Morgan fingerprint density at radius 1 is 1.45 bits per heavy atom. The first-order valence-corrected chi connectivity index (χ1v) is 6.19. The normalized spacial score (nSPS) is 19.4. The second kappa shape index (κ2) is 5.32. The van der Waals surface area contributed by atoms with Crippen LogP contribution in [0.2, 0.25) is 0 Å². The van der Waals surface area contributed by atoms with Gasteiger partial charge in [0, 0.05) is 31.3 Å². The molecule has 2 rings (SSSR count). The van der Waals surface area contributed by atoms with Gasteiger partial charge in [-0.25, -0.2) is 0 Å². The quantitative estimate of drug-likeness (QED) is 0.815. The van der Waals surface area contributed by atoms with Crippen molar-refractivity contribution < 1.29 is 23.1 Å². The summed E-state index contributed by atoms with van der Waals surface area (Å²) >= 11 is 0. The maximum Gasteiger partial charge on any atom is 0.416 e. The van der Waals surface area contributed by atoms with Crippen LogP contribution < -0.4 is 5.73 Å². The molecule has 0 aromatic heterocycles. The Morgan fingerprint density at radius 2 is 2.15 bits per heavy atom. The molecule has 1 fully saturated rings. The number of amides is 1. The van der Waals surface area contributed by atoms with Gasteiger partial charge in [0.05, 0.1) is 11.1 Å². The Bertz CT molecular complexity index is 517. The van der Waals surface area contributed by atoms with E-state index in [-0.39, 0.29) is 23.8 Å². The van der Waals surface area contributed by atoms with Crippen molar-refractivity contribution in [1.29, 1.82) is 0 Å². The number of carbonyl (C=O) groups excluding carboxylic acids is 1. The number of alkyl halides is 3. The van der Waals surface area contributed by atoms with Gasteiger partial charge < -0.3 is 15.7 Å². The van der Waals surface area contributed by atoms with Crippen LogP contribution in [0.1, 0.15) is 22.3 Å². The smallest absolute Gasteiger partial charge is 0.398 e. The van der Waals surface area contributed by atoms with Crippen molar-refractivity contribution in [2.75, 3.05) is 25.4 Å². The number of anilines is 1. The summed E-state index contributed by atoms with van der Waals surface area (Å²) in [6.45, 7) is 0.715. The number of nitrogens with two attached hydrogens (primary N) is 1. The summed E-state index contributed by atoms with van der Waals surface area (Å²) in [4.78, 5) is 13.6. The van der Waals surface area contributed by atoms with Gasteiger partial charge in [0.2, 0.25) is 0 Å². The van der Waals surface area contributed by atoms with Crippen LogP contribution >= 0.6 is 0 Å². The summed E-state index contributed by atoms with van der Waals surface area (Å²) in [5.74, 6) is -0.546. The Kier molecular flexibility index (Phi) is 3.89. The van der Waals surface area contributed by atoms with E-state index in [4.69, 9.17) is 10.8 Å². The molecule has 0 aliphatic carbocycles. The number of aliphatic hydroxyl groups is 1. The molecule has 7 heteroatoms. The second-order valence-corrected chi connectivity index (χ2v) is 4.89. The topological polar surface area (TPSA) is 66.6 Å². The van der Waals surface area contributed by atoms with E-state index in [1.165, 1.54) is 4.90 Å². The summed E-state index contributed by atoms with van der Waals surface area (Å²) < 4.78 is 38.0. The lowest BCUT2D eigenvalue weighted by molar-refractivity contribution is -0.137. The minimum atomic E-state index is -4.51. The molecule has 0 saturated carbocycles. The number of nitrogen functional groups attached to an aromatic ring is 1. The summed E-state index contributed by atoms with van der Waals surface area (Å²) in [5.41, 5.74) is 4.59. The van der Waals surface area contributed by atoms with Crippen LogP contribution in [0.25, 0.3) is 0 Å². The van der Waals surface area contributed by atoms with Gasteiger partial charge in [-0.2, -0.15) is 13.2 Å². The molecule has 1 atom stereocenters. The van der Waals surface area contributed by atoms with Crippen molar-refractivity contribution in [2.45, 2.75) is 12.6 Å². The van der Waals surface area contributed by atoms with Gasteiger partial charge in [0.25, 0.3) is 5.91 Å². The van der Waals surface area contributed by atoms with Gasteiger partial charge in [0.1, 0.15) is 0 Å². The van der Waals surface area contributed by atoms with Crippen molar-refractivity contribution in [3.63, 3.8) is 0 Å². The van der Waals surface area contributed by atoms with Gasteiger partial charge in [-0.3, -0.25) is 4.79 Å². The average Bonchev–Trinajstić information content (AvgIpc) is 2.86. The third-order valence-corrected chi connectivity index (χ3v) is 3.44. The zero-order chi connectivity index (χ0) is 14.9. The molecule has 1 saturated heterocycles. The van der Waals surface area contributed by atoms with Gasteiger partial charge in [-0.15, -0.1) is 0 Å². The molecule has 1 amide bonds. The van der Waals surface area contributed by atoms with E-state index in [1.54, 1.807) is 0 Å². The minimum Gasteiger partial charge on any atom is -0.398 e. The average molecular weight is 288 g/mol. The highest BCUT2D eigenvalue weighted by Gasteiger charge is 2.33. The lowest BCUT2D eigenvalue weighted by Crippen LogP contribution is -2.30. The molecule has 1 unspecified atom stereocenters. The van der Waals surface area contributed by atoms with Crippen LogP contribution in [0.3, 0.4) is 0 Å². The fourth-order valence-electron chi connectivity index (χ4n) is 2.25. The first-order valence-electron chi connectivity index (χ1n) is 6.19. The van der Waals surface area contributed by atoms with E-state index in [0.29, 0.717) is 19.5 Å². The molecule has 1 heterocycles. The van der Waals surface area contributed by atoms with Crippen molar-refractivity contribution in [2.24, 2.45) is 5.92 Å². The molecule has 0 spiro atoms. The Morgan fingerprint density at radius 3 is 2.70 bits per heavy atom. The molecule has 110 valence electrons. The highest BCUT2D eigenvalue weighted by atomic mass is 19.4. The van der Waals surface area contributed by atoms with Crippen LogP contribution in [0.5, 0.6) is 0 Å². The molecule has 3 N–H and O–H groups in total. The largest absolute Gasteiger partial charge is 0.416 e. The van der Waals surface area contributed by atoms with E-state index in [9.17, 15) is 18.0 Å². The van der Waals surface area contributed by atoms with Crippen molar-refractivity contribution in [1.82, 2.24) is 4.90 Å². The van der Waals surface area contributed by atoms with Gasteiger partial charge in [0.15, 0.2) is 0 Å². The fraction of sp³-hybridized carbons (Fsp3) is 0.462. The number of nitrogens with zero attached hydrogens (tertiary/aromatic N) is 1. The van der Waals surface area contributed by atoms with Crippen LogP contribution in [-0.2, 0) is 6.18 Å². The summed E-state index contributed by atoms with van der Waals surface area (Å²) in [7, 11) is 0. The number of aliphatic hydroxyl groups excluding tert-OH is 1. The van der Waals surface area contributed by atoms with Gasteiger partial charge >= 0.3 is 6.18 Å². The predicted molar refractivity (Wildman–Crippen MR) is 67.0 cm³/mol. The Labute approximate surface area is 114 Å². The van der Waals surface area contributed by atoms with E-state index in [2.05, 4.69) is 0 Å².